The molecule has 1 heterocycles. The molecule has 0 aromatic heterocycles. The summed E-state index contributed by atoms with van der Waals surface area (Å²) < 4.78 is 0. The van der Waals surface area contributed by atoms with Crippen molar-refractivity contribution < 1.29 is 0 Å². The minimum absolute atomic E-state index is 0.181. The molecule has 3 heteroatoms. The summed E-state index contributed by atoms with van der Waals surface area (Å²) in [6, 6.07) is 0.721. The van der Waals surface area contributed by atoms with Gasteiger partial charge in [-0.2, -0.15) is 0 Å². The van der Waals surface area contributed by atoms with Crippen LogP contribution in [0.2, 0.25) is 0 Å². The molecule has 0 aromatic rings. The average molecular weight is 239 g/mol. The molecule has 1 unspecified atom stereocenters. The molecule has 0 spiro atoms. The van der Waals surface area contributed by atoms with Crippen LogP contribution in [0.5, 0.6) is 0 Å². The smallest absolute Gasteiger partial charge is 0.0229 e. The molecule has 1 N–H and O–H groups in total. The minimum Gasteiger partial charge on any atom is -0.308 e. The Morgan fingerprint density at radius 2 is 2.06 bits per heavy atom. The molecule has 100 valence electrons. The zero-order valence-corrected chi connectivity index (χ0v) is 12.2. The van der Waals surface area contributed by atoms with Gasteiger partial charge in [0.1, 0.15) is 0 Å². The van der Waals surface area contributed by atoms with Crippen LogP contribution in [0.4, 0.5) is 0 Å². The van der Waals surface area contributed by atoms with Crippen LogP contribution in [0, 0.1) is 0 Å². The predicted molar refractivity (Wildman–Crippen MR) is 75.4 cm³/mol. The Bertz CT molecular complexity index is 253. The lowest BCUT2D eigenvalue weighted by Crippen LogP contribution is -2.39. The number of hydrogen-bond acceptors (Lipinski definition) is 3. The predicted octanol–water partition coefficient (Wildman–Crippen LogP) is 1.57. The van der Waals surface area contributed by atoms with Crippen molar-refractivity contribution in [2.75, 3.05) is 40.3 Å². The second-order valence-corrected chi connectivity index (χ2v) is 6.49. The molecule has 1 aliphatic rings. The van der Waals surface area contributed by atoms with Gasteiger partial charge in [0.25, 0.3) is 0 Å². The fraction of sp³-hybridized carbons (Fsp3) is 0.857. The molecule has 0 radical (unpaired) electrons. The summed E-state index contributed by atoms with van der Waals surface area (Å²) in [6.45, 7) is 15.1. The number of rotatable bonds is 5. The maximum absolute atomic E-state index is 4.17. The van der Waals surface area contributed by atoms with Gasteiger partial charge in [-0.05, 0) is 46.9 Å². The highest BCUT2D eigenvalue weighted by molar-refractivity contribution is 5.02. The standard InChI is InChI=1S/C14H29N3/c1-12(9-15-14(2,3)4)10-17-8-7-13(11-17)16(5)6/h13,15H,1,7-11H2,2-6H3. The van der Waals surface area contributed by atoms with E-state index in [-0.39, 0.29) is 5.54 Å². The number of likely N-dealkylation sites (N-methyl/N-ethyl adjacent to an activating group) is 1. The van der Waals surface area contributed by atoms with E-state index in [1.807, 2.05) is 0 Å². The van der Waals surface area contributed by atoms with Gasteiger partial charge >= 0.3 is 0 Å². The van der Waals surface area contributed by atoms with E-state index in [2.05, 4.69) is 56.6 Å². The SMILES string of the molecule is C=C(CNC(C)(C)C)CN1CCC(N(C)C)C1. The van der Waals surface area contributed by atoms with E-state index in [1.165, 1.54) is 25.1 Å². The van der Waals surface area contributed by atoms with Gasteiger partial charge in [0, 0.05) is 37.8 Å². The molecule has 1 saturated heterocycles. The quantitative estimate of drug-likeness (QED) is 0.735. The van der Waals surface area contributed by atoms with Gasteiger partial charge in [-0.15, -0.1) is 0 Å². The molecule has 0 saturated carbocycles. The Morgan fingerprint density at radius 3 is 2.53 bits per heavy atom. The zero-order chi connectivity index (χ0) is 13.1. The molecule has 1 atom stereocenters. The second kappa shape index (κ2) is 5.98. The zero-order valence-electron chi connectivity index (χ0n) is 12.2. The Labute approximate surface area is 107 Å². The molecule has 1 rings (SSSR count). The number of nitrogens with one attached hydrogen (secondary N) is 1. The van der Waals surface area contributed by atoms with E-state index in [0.717, 1.165) is 19.1 Å². The van der Waals surface area contributed by atoms with Crippen molar-refractivity contribution in [2.45, 2.75) is 38.8 Å². The monoisotopic (exact) mass is 239 g/mol. The maximum atomic E-state index is 4.17. The van der Waals surface area contributed by atoms with Gasteiger partial charge in [0.2, 0.25) is 0 Å². The lowest BCUT2D eigenvalue weighted by atomic mass is 10.1. The van der Waals surface area contributed by atoms with Crippen molar-refractivity contribution in [3.8, 4) is 0 Å². The van der Waals surface area contributed by atoms with Gasteiger partial charge in [-0.1, -0.05) is 6.58 Å². The largest absolute Gasteiger partial charge is 0.308 e. The van der Waals surface area contributed by atoms with E-state index in [4.69, 9.17) is 0 Å². The van der Waals surface area contributed by atoms with E-state index in [1.54, 1.807) is 0 Å². The lowest BCUT2D eigenvalue weighted by Gasteiger charge is -2.24. The van der Waals surface area contributed by atoms with Crippen LogP contribution in [-0.4, -0.2) is 61.7 Å². The summed E-state index contributed by atoms with van der Waals surface area (Å²) in [5, 5.41) is 3.49. The van der Waals surface area contributed by atoms with Crippen LogP contribution < -0.4 is 5.32 Å². The molecular formula is C14H29N3. The first-order valence-corrected chi connectivity index (χ1v) is 6.58. The summed E-state index contributed by atoms with van der Waals surface area (Å²) in [6.07, 6.45) is 1.28. The summed E-state index contributed by atoms with van der Waals surface area (Å²) in [5.41, 5.74) is 1.47. The molecule has 0 aromatic carbocycles. The third-order valence-corrected chi connectivity index (χ3v) is 3.29. The number of hydrogen-bond donors (Lipinski definition) is 1. The minimum atomic E-state index is 0.181. The van der Waals surface area contributed by atoms with Gasteiger partial charge in [-0.3, -0.25) is 4.90 Å². The molecular weight excluding hydrogens is 210 g/mol. The molecule has 0 bridgehead atoms. The fourth-order valence-electron chi connectivity index (χ4n) is 2.14. The van der Waals surface area contributed by atoms with E-state index < -0.39 is 0 Å². The average Bonchev–Trinajstić information content (AvgIpc) is 2.62. The van der Waals surface area contributed by atoms with Crippen molar-refractivity contribution >= 4 is 0 Å². The van der Waals surface area contributed by atoms with Crippen molar-refractivity contribution in [1.29, 1.82) is 0 Å². The van der Waals surface area contributed by atoms with E-state index >= 15 is 0 Å². The summed E-state index contributed by atoms with van der Waals surface area (Å²) >= 11 is 0. The maximum Gasteiger partial charge on any atom is 0.0229 e. The highest BCUT2D eigenvalue weighted by Crippen LogP contribution is 2.14. The first-order valence-electron chi connectivity index (χ1n) is 6.58. The first kappa shape index (κ1) is 14.7. The van der Waals surface area contributed by atoms with Crippen LogP contribution in [0.25, 0.3) is 0 Å². The number of nitrogens with zero attached hydrogens (tertiary/aromatic N) is 2. The van der Waals surface area contributed by atoms with Gasteiger partial charge in [0.15, 0.2) is 0 Å². The molecule has 1 fully saturated rings. The molecule has 0 amide bonds. The molecule has 0 aliphatic carbocycles. The van der Waals surface area contributed by atoms with Gasteiger partial charge in [0.05, 0.1) is 0 Å². The third kappa shape index (κ3) is 5.66. The summed E-state index contributed by atoms with van der Waals surface area (Å²) in [4.78, 5) is 4.84. The molecule has 3 nitrogen and oxygen atoms in total. The van der Waals surface area contributed by atoms with Crippen LogP contribution in [0.3, 0.4) is 0 Å². The molecule has 17 heavy (non-hydrogen) atoms. The third-order valence-electron chi connectivity index (χ3n) is 3.29. The topological polar surface area (TPSA) is 18.5 Å². The van der Waals surface area contributed by atoms with Gasteiger partial charge in [-0.25, -0.2) is 0 Å². The fourth-order valence-corrected chi connectivity index (χ4v) is 2.14. The Morgan fingerprint density at radius 1 is 1.41 bits per heavy atom. The van der Waals surface area contributed by atoms with Crippen molar-refractivity contribution in [2.24, 2.45) is 0 Å². The van der Waals surface area contributed by atoms with Crippen LogP contribution >= 0.6 is 0 Å². The Kier molecular flexibility index (Phi) is 5.17. The van der Waals surface area contributed by atoms with Crippen LogP contribution in [0.15, 0.2) is 12.2 Å². The highest BCUT2D eigenvalue weighted by atomic mass is 15.2. The van der Waals surface area contributed by atoms with Gasteiger partial charge < -0.3 is 10.2 Å². The summed E-state index contributed by atoms with van der Waals surface area (Å²) in [7, 11) is 4.34. The lowest BCUT2D eigenvalue weighted by molar-refractivity contribution is 0.276. The summed E-state index contributed by atoms with van der Waals surface area (Å²) in [5.74, 6) is 0. The Balaban J connectivity index is 2.24. The first-order chi connectivity index (χ1) is 7.78. The van der Waals surface area contributed by atoms with Crippen molar-refractivity contribution in [3.63, 3.8) is 0 Å². The van der Waals surface area contributed by atoms with E-state index in [0.29, 0.717) is 0 Å². The van der Waals surface area contributed by atoms with E-state index in [9.17, 15) is 0 Å². The van der Waals surface area contributed by atoms with Crippen LogP contribution in [0.1, 0.15) is 27.2 Å². The van der Waals surface area contributed by atoms with Crippen molar-refractivity contribution in [3.05, 3.63) is 12.2 Å². The van der Waals surface area contributed by atoms with Crippen LogP contribution in [-0.2, 0) is 0 Å². The normalized spacial score (nSPS) is 22.4. The van der Waals surface area contributed by atoms with Crippen molar-refractivity contribution in [1.82, 2.24) is 15.1 Å². The Hall–Kier alpha value is -0.380. The highest BCUT2D eigenvalue weighted by Gasteiger charge is 2.23. The molecule has 1 aliphatic heterocycles. The number of likely N-dealkylation sites (tertiary alicyclic amines) is 1. The second-order valence-electron chi connectivity index (χ2n) is 6.49.